The fourth-order valence-corrected chi connectivity index (χ4v) is 6.74. The van der Waals surface area contributed by atoms with E-state index in [0.29, 0.717) is 4.88 Å². The molecule has 3 N–H and O–H groups in total. The minimum atomic E-state index is -0.684. The molecular weight excluding hydrogens is 476 g/mol. The maximum Gasteiger partial charge on any atom is 0.262 e. The fraction of sp³-hybridized carbons (Fsp3) is 0.542. The Hall–Kier alpha value is -2.36. The molecular formula is C24H29ClN4O4S. The van der Waals surface area contributed by atoms with Crippen LogP contribution in [-0.4, -0.2) is 59.2 Å². The molecule has 0 spiro atoms. The Morgan fingerprint density at radius 1 is 1.21 bits per heavy atom. The van der Waals surface area contributed by atoms with Crippen LogP contribution in [0.4, 0.5) is 0 Å². The van der Waals surface area contributed by atoms with Crippen LogP contribution in [0, 0.1) is 5.92 Å². The van der Waals surface area contributed by atoms with E-state index in [9.17, 15) is 14.4 Å². The van der Waals surface area contributed by atoms with Gasteiger partial charge in [-0.3, -0.25) is 14.4 Å². The number of likely N-dealkylation sites (tertiary alicyclic amines) is 1. The molecule has 3 aliphatic heterocycles. The first-order chi connectivity index (χ1) is 16.4. The molecule has 8 nitrogen and oxygen atoms in total. The lowest BCUT2D eigenvalue weighted by molar-refractivity contribution is -0.139. The number of hydrogen-bond acceptors (Lipinski definition) is 7. The van der Waals surface area contributed by atoms with Gasteiger partial charge < -0.3 is 25.8 Å². The van der Waals surface area contributed by atoms with Crippen LogP contribution in [-0.2, 0) is 14.3 Å². The third kappa shape index (κ3) is 4.36. The summed E-state index contributed by atoms with van der Waals surface area (Å²) in [4.78, 5) is 42.6. The highest BCUT2D eigenvalue weighted by Crippen LogP contribution is 2.34. The van der Waals surface area contributed by atoms with Crippen LogP contribution >= 0.6 is 22.9 Å². The van der Waals surface area contributed by atoms with Gasteiger partial charge in [0.25, 0.3) is 5.91 Å². The topological polar surface area (TPSA) is 99.8 Å². The molecule has 4 atom stereocenters. The summed E-state index contributed by atoms with van der Waals surface area (Å²) in [5.41, 5.74) is 7.98. The number of halogens is 1. The number of carbonyl (C=O) groups is 3. The molecule has 1 saturated carbocycles. The van der Waals surface area contributed by atoms with Crippen molar-refractivity contribution in [2.75, 3.05) is 13.2 Å². The van der Waals surface area contributed by atoms with Gasteiger partial charge in [0, 0.05) is 29.4 Å². The normalized spacial score (nSPS) is 27.9. The van der Waals surface area contributed by atoms with E-state index in [1.807, 2.05) is 25.4 Å². The second-order valence-corrected chi connectivity index (χ2v) is 11.0. The van der Waals surface area contributed by atoms with Crippen LogP contribution in [0.3, 0.4) is 0 Å². The summed E-state index contributed by atoms with van der Waals surface area (Å²) in [6.07, 6.45) is 8.20. The summed E-state index contributed by atoms with van der Waals surface area (Å²) in [5.74, 6) is -0.573. The van der Waals surface area contributed by atoms with E-state index in [1.165, 1.54) is 11.3 Å². The van der Waals surface area contributed by atoms with E-state index in [1.54, 1.807) is 11.0 Å². The summed E-state index contributed by atoms with van der Waals surface area (Å²) in [6.45, 7) is 2.23. The Bertz CT molecular complexity index is 1050. The standard InChI is InChI=1S/C24H29ClN4O4S/c1-13-9-26-27-10-15(13)18-7-8-19(34-18)23(31)28-20(14-5-3-2-4-6-14)24(32)29-11-16(25)22-21(29)17(30)12-33-22/h7-10,14,16,20-22,26-27H,2-6,11-12H2,1H3,(H,28,31)/t16-,20-,21+,22+/m0/s1. The number of carbonyl (C=O) groups excluding carboxylic acids is 3. The molecule has 182 valence electrons. The van der Waals surface area contributed by atoms with Crippen molar-refractivity contribution < 1.29 is 19.1 Å². The van der Waals surface area contributed by atoms with Gasteiger partial charge in [0.1, 0.15) is 24.8 Å². The zero-order valence-electron chi connectivity index (χ0n) is 19.0. The molecule has 0 radical (unpaired) electrons. The Balaban J connectivity index is 1.36. The number of thiophene rings is 1. The molecule has 1 aliphatic carbocycles. The van der Waals surface area contributed by atoms with Crippen LogP contribution < -0.4 is 16.2 Å². The number of allylic oxidation sites excluding steroid dienone is 2. The number of nitrogens with one attached hydrogen (secondary N) is 3. The van der Waals surface area contributed by atoms with Crippen molar-refractivity contribution in [1.29, 1.82) is 0 Å². The quantitative estimate of drug-likeness (QED) is 0.533. The average molecular weight is 505 g/mol. The SMILES string of the molecule is CC1=CNNC=C1c1ccc(C(=O)N[C@H](C(=O)N2C[C@H](Cl)[C@H]3OCC(=O)[C@H]32)C2CCCCC2)s1. The van der Waals surface area contributed by atoms with Gasteiger partial charge in [-0.25, -0.2) is 0 Å². The molecule has 3 fully saturated rings. The van der Waals surface area contributed by atoms with E-state index in [-0.39, 0.29) is 36.7 Å². The summed E-state index contributed by atoms with van der Waals surface area (Å²) >= 11 is 7.81. The third-order valence-corrected chi connectivity index (χ3v) is 8.69. The van der Waals surface area contributed by atoms with Crippen molar-refractivity contribution in [3.63, 3.8) is 0 Å². The molecule has 10 heteroatoms. The predicted molar refractivity (Wildman–Crippen MR) is 130 cm³/mol. The van der Waals surface area contributed by atoms with Crippen molar-refractivity contribution in [1.82, 2.24) is 21.1 Å². The average Bonchev–Trinajstić information content (AvgIpc) is 3.56. The number of amides is 2. The lowest BCUT2D eigenvalue weighted by Gasteiger charge is -2.34. The second-order valence-electron chi connectivity index (χ2n) is 9.38. The first-order valence-corrected chi connectivity index (χ1v) is 13.1. The van der Waals surface area contributed by atoms with Crippen molar-refractivity contribution in [3.8, 4) is 0 Å². The zero-order chi connectivity index (χ0) is 23.8. The molecule has 2 amide bonds. The lowest BCUT2D eigenvalue weighted by Crippen LogP contribution is -2.55. The molecule has 4 aliphatic rings. The summed E-state index contributed by atoms with van der Waals surface area (Å²) in [6, 6.07) is 2.38. The highest BCUT2D eigenvalue weighted by Gasteiger charge is 2.53. The minimum Gasteiger partial charge on any atom is -0.366 e. The smallest absolute Gasteiger partial charge is 0.262 e. The zero-order valence-corrected chi connectivity index (χ0v) is 20.6. The highest BCUT2D eigenvalue weighted by molar-refractivity contribution is 7.15. The van der Waals surface area contributed by atoms with E-state index in [2.05, 4.69) is 16.2 Å². The third-order valence-electron chi connectivity index (χ3n) is 7.19. The van der Waals surface area contributed by atoms with Gasteiger partial charge in [0.2, 0.25) is 5.91 Å². The number of alkyl halides is 1. The highest BCUT2D eigenvalue weighted by atomic mass is 35.5. The summed E-state index contributed by atoms with van der Waals surface area (Å²) in [5, 5.41) is 2.61. The number of fused-ring (bicyclic) bond motifs is 1. The number of ketones is 1. The molecule has 34 heavy (non-hydrogen) atoms. The van der Waals surface area contributed by atoms with E-state index in [4.69, 9.17) is 16.3 Å². The van der Waals surface area contributed by atoms with E-state index >= 15 is 0 Å². The molecule has 2 saturated heterocycles. The van der Waals surface area contributed by atoms with Gasteiger partial charge in [-0.2, -0.15) is 0 Å². The van der Waals surface area contributed by atoms with Gasteiger partial charge >= 0.3 is 0 Å². The van der Waals surface area contributed by atoms with Crippen molar-refractivity contribution in [2.24, 2.45) is 5.92 Å². The Morgan fingerprint density at radius 2 is 1.97 bits per heavy atom. The van der Waals surface area contributed by atoms with E-state index < -0.39 is 23.6 Å². The molecule has 4 heterocycles. The fourth-order valence-electron chi connectivity index (χ4n) is 5.39. The first kappa shape index (κ1) is 23.4. The number of hydrazine groups is 1. The number of rotatable bonds is 5. The van der Waals surface area contributed by atoms with Gasteiger partial charge in [0.15, 0.2) is 5.78 Å². The summed E-state index contributed by atoms with van der Waals surface area (Å²) < 4.78 is 5.55. The van der Waals surface area contributed by atoms with Crippen molar-refractivity contribution in [3.05, 3.63) is 39.9 Å². The molecule has 0 aromatic carbocycles. The van der Waals surface area contributed by atoms with Crippen molar-refractivity contribution in [2.45, 2.75) is 62.6 Å². The number of hydrogen-bond donors (Lipinski definition) is 3. The van der Waals surface area contributed by atoms with Gasteiger partial charge in [0.05, 0.1) is 10.3 Å². The largest absolute Gasteiger partial charge is 0.366 e. The summed E-state index contributed by atoms with van der Waals surface area (Å²) in [7, 11) is 0. The minimum absolute atomic E-state index is 0.0190. The van der Waals surface area contributed by atoms with Crippen molar-refractivity contribution >= 4 is 46.1 Å². The number of ether oxygens (including phenoxy) is 1. The molecule has 0 bridgehead atoms. The van der Waals surface area contributed by atoms with E-state index in [0.717, 1.165) is 48.1 Å². The van der Waals surface area contributed by atoms with Crippen LogP contribution in [0.1, 0.15) is 53.6 Å². The van der Waals surface area contributed by atoms with Crippen LogP contribution in [0.15, 0.2) is 30.1 Å². The maximum absolute atomic E-state index is 13.8. The molecule has 5 rings (SSSR count). The predicted octanol–water partition coefficient (Wildman–Crippen LogP) is 2.57. The Labute approximate surface area is 207 Å². The molecule has 1 aromatic rings. The van der Waals surface area contributed by atoms with Crippen LogP contribution in [0.5, 0.6) is 0 Å². The van der Waals surface area contributed by atoms with Gasteiger partial charge in [-0.15, -0.1) is 22.9 Å². The van der Waals surface area contributed by atoms with Gasteiger partial charge in [-0.05, 0) is 43.4 Å². The number of Topliss-reactive ketones (excluding diaryl/α,β-unsaturated/α-hetero) is 1. The van der Waals surface area contributed by atoms with Gasteiger partial charge in [-0.1, -0.05) is 19.3 Å². The lowest BCUT2D eigenvalue weighted by atomic mass is 9.83. The Kier molecular flexibility index (Phi) is 6.68. The first-order valence-electron chi connectivity index (χ1n) is 11.8. The second kappa shape index (κ2) is 9.71. The Morgan fingerprint density at radius 3 is 2.74 bits per heavy atom. The number of nitrogens with zero attached hydrogens (tertiary/aromatic N) is 1. The van der Waals surface area contributed by atoms with Crippen LogP contribution in [0.25, 0.3) is 5.57 Å². The monoisotopic (exact) mass is 504 g/mol. The molecule has 0 unspecified atom stereocenters. The maximum atomic E-state index is 13.8. The molecule has 1 aromatic heterocycles. The van der Waals surface area contributed by atoms with Crippen LogP contribution in [0.2, 0.25) is 0 Å².